The number of thiophene rings is 1. The lowest BCUT2D eigenvalue weighted by Gasteiger charge is -2.10. The zero-order valence-corrected chi connectivity index (χ0v) is 14.9. The highest BCUT2D eigenvalue weighted by molar-refractivity contribution is 7.17. The number of fused-ring (bicyclic) bond motifs is 1. The Morgan fingerprint density at radius 3 is 2.84 bits per heavy atom. The second-order valence-corrected chi connectivity index (χ2v) is 6.95. The van der Waals surface area contributed by atoms with Crippen molar-refractivity contribution in [3.63, 3.8) is 0 Å². The Hall–Kier alpha value is -1.99. The van der Waals surface area contributed by atoms with E-state index in [0.717, 1.165) is 18.9 Å². The normalized spacial score (nSPS) is 11.4. The number of hydrogen-bond donors (Lipinski definition) is 1. The van der Waals surface area contributed by atoms with Gasteiger partial charge in [0.25, 0.3) is 0 Å². The van der Waals surface area contributed by atoms with Gasteiger partial charge in [-0.25, -0.2) is 18.6 Å². The van der Waals surface area contributed by atoms with Gasteiger partial charge in [0, 0.05) is 22.6 Å². The summed E-state index contributed by atoms with van der Waals surface area (Å²) in [5, 5.41) is 11.4. The molecule has 0 atom stereocenters. The third-order valence-corrected chi connectivity index (χ3v) is 5.20. The standard InChI is InChI=1S/C17H15ClF2N2O2S/c1-2-3-4-13-21-16(18)15(17(23)24)22(13)7-9-8-25-12-6-10(19)5-11(20)14(9)12/h5-6,8H,2-4,7H2,1H3,(H,23,24). The van der Waals surface area contributed by atoms with E-state index in [0.29, 0.717) is 27.9 Å². The number of rotatable bonds is 6. The van der Waals surface area contributed by atoms with E-state index in [1.54, 1.807) is 5.38 Å². The minimum absolute atomic E-state index is 0.0790. The van der Waals surface area contributed by atoms with E-state index in [-0.39, 0.29) is 17.4 Å². The lowest BCUT2D eigenvalue weighted by molar-refractivity contribution is 0.0685. The van der Waals surface area contributed by atoms with E-state index in [4.69, 9.17) is 11.6 Å². The topological polar surface area (TPSA) is 55.1 Å². The Labute approximate surface area is 151 Å². The zero-order valence-electron chi connectivity index (χ0n) is 13.4. The average Bonchev–Trinajstić information content (AvgIpc) is 3.06. The minimum atomic E-state index is -1.19. The number of halogens is 3. The fraction of sp³-hybridized carbons (Fsp3) is 0.294. The molecule has 1 N–H and O–H groups in total. The van der Waals surface area contributed by atoms with Crippen LogP contribution in [0.1, 0.15) is 41.6 Å². The number of nitrogens with zero attached hydrogens (tertiary/aromatic N) is 2. The molecule has 0 aliphatic rings. The summed E-state index contributed by atoms with van der Waals surface area (Å²) in [6.45, 7) is 2.13. The van der Waals surface area contributed by atoms with Crippen molar-refractivity contribution in [3.05, 3.63) is 51.4 Å². The number of benzene rings is 1. The summed E-state index contributed by atoms with van der Waals surface area (Å²) < 4.78 is 29.6. The second kappa shape index (κ2) is 7.09. The van der Waals surface area contributed by atoms with Crippen molar-refractivity contribution in [1.82, 2.24) is 9.55 Å². The van der Waals surface area contributed by atoms with Crippen LogP contribution in [0.4, 0.5) is 8.78 Å². The Morgan fingerprint density at radius 1 is 1.40 bits per heavy atom. The monoisotopic (exact) mass is 384 g/mol. The first-order valence-electron chi connectivity index (χ1n) is 7.75. The first-order valence-corrected chi connectivity index (χ1v) is 9.01. The molecule has 25 heavy (non-hydrogen) atoms. The highest BCUT2D eigenvalue weighted by Crippen LogP contribution is 2.31. The van der Waals surface area contributed by atoms with Gasteiger partial charge in [-0.3, -0.25) is 0 Å². The van der Waals surface area contributed by atoms with Gasteiger partial charge in [0.2, 0.25) is 0 Å². The van der Waals surface area contributed by atoms with E-state index < -0.39 is 17.6 Å². The molecule has 0 aliphatic heterocycles. The van der Waals surface area contributed by atoms with Crippen LogP contribution in [-0.4, -0.2) is 20.6 Å². The molecule has 0 bridgehead atoms. The number of unbranched alkanes of at least 4 members (excludes halogenated alkanes) is 1. The molecule has 0 aliphatic carbocycles. The lowest BCUT2D eigenvalue weighted by Crippen LogP contribution is -2.13. The van der Waals surface area contributed by atoms with Crippen molar-refractivity contribution in [1.29, 1.82) is 0 Å². The van der Waals surface area contributed by atoms with E-state index in [2.05, 4.69) is 4.98 Å². The van der Waals surface area contributed by atoms with Gasteiger partial charge in [-0.2, -0.15) is 0 Å². The predicted molar refractivity (Wildman–Crippen MR) is 93.7 cm³/mol. The third kappa shape index (κ3) is 3.39. The molecular weight excluding hydrogens is 370 g/mol. The van der Waals surface area contributed by atoms with Gasteiger partial charge in [0.1, 0.15) is 17.5 Å². The van der Waals surface area contributed by atoms with Gasteiger partial charge in [0.15, 0.2) is 10.8 Å². The Balaban J connectivity index is 2.10. The van der Waals surface area contributed by atoms with Crippen LogP contribution < -0.4 is 0 Å². The minimum Gasteiger partial charge on any atom is -0.476 e. The molecule has 0 saturated carbocycles. The second-order valence-electron chi connectivity index (χ2n) is 5.68. The molecule has 8 heteroatoms. The van der Waals surface area contributed by atoms with Gasteiger partial charge in [-0.05, 0) is 23.4 Å². The summed E-state index contributed by atoms with van der Waals surface area (Å²) in [5.41, 5.74) is 0.460. The fourth-order valence-electron chi connectivity index (χ4n) is 2.80. The summed E-state index contributed by atoms with van der Waals surface area (Å²) in [4.78, 5) is 15.7. The quantitative estimate of drug-likeness (QED) is 0.641. The zero-order chi connectivity index (χ0) is 18.1. The molecule has 2 aromatic heterocycles. The Kier molecular flexibility index (Phi) is 5.06. The van der Waals surface area contributed by atoms with E-state index >= 15 is 0 Å². The average molecular weight is 385 g/mol. The molecule has 0 unspecified atom stereocenters. The molecule has 132 valence electrons. The molecule has 0 fully saturated rings. The number of carboxylic acids is 1. The van der Waals surface area contributed by atoms with Crippen LogP contribution in [0.2, 0.25) is 5.15 Å². The number of imidazole rings is 1. The van der Waals surface area contributed by atoms with Crippen LogP contribution >= 0.6 is 22.9 Å². The van der Waals surface area contributed by atoms with Crippen molar-refractivity contribution >= 4 is 39.0 Å². The molecule has 3 aromatic rings. The molecule has 1 aromatic carbocycles. The van der Waals surface area contributed by atoms with E-state index in [9.17, 15) is 18.7 Å². The lowest BCUT2D eigenvalue weighted by atomic mass is 10.1. The SMILES string of the molecule is CCCCc1nc(Cl)c(C(=O)O)n1Cc1csc2cc(F)cc(F)c12. The first-order chi connectivity index (χ1) is 11.9. The van der Waals surface area contributed by atoms with E-state index in [1.165, 1.54) is 22.0 Å². The van der Waals surface area contributed by atoms with Crippen LogP contribution in [0.15, 0.2) is 17.5 Å². The molecule has 0 radical (unpaired) electrons. The maximum absolute atomic E-state index is 14.2. The van der Waals surface area contributed by atoms with Gasteiger partial charge < -0.3 is 9.67 Å². The molecule has 0 saturated heterocycles. The summed E-state index contributed by atoms with van der Waals surface area (Å²) in [6, 6.07) is 2.10. The van der Waals surface area contributed by atoms with Crippen molar-refractivity contribution in [3.8, 4) is 0 Å². The number of aryl methyl sites for hydroxylation is 1. The maximum Gasteiger partial charge on any atom is 0.355 e. The number of carboxylic acid groups (broad SMARTS) is 1. The first kappa shape index (κ1) is 17.8. The van der Waals surface area contributed by atoms with Gasteiger partial charge in [-0.15, -0.1) is 11.3 Å². The molecule has 2 heterocycles. The largest absolute Gasteiger partial charge is 0.476 e. The summed E-state index contributed by atoms with van der Waals surface area (Å²) >= 11 is 7.21. The molecule has 0 amide bonds. The third-order valence-electron chi connectivity index (χ3n) is 3.96. The summed E-state index contributed by atoms with van der Waals surface area (Å²) in [5.74, 6) is -1.94. The van der Waals surface area contributed by atoms with Crippen molar-refractivity contribution < 1.29 is 18.7 Å². The Morgan fingerprint density at radius 2 is 2.16 bits per heavy atom. The van der Waals surface area contributed by atoms with Crippen molar-refractivity contribution in [2.45, 2.75) is 32.7 Å². The number of carbonyl (C=O) groups is 1. The number of hydrogen-bond acceptors (Lipinski definition) is 3. The summed E-state index contributed by atoms with van der Waals surface area (Å²) in [6.07, 6.45) is 2.32. The highest BCUT2D eigenvalue weighted by atomic mass is 35.5. The molecule has 4 nitrogen and oxygen atoms in total. The van der Waals surface area contributed by atoms with Crippen LogP contribution in [-0.2, 0) is 13.0 Å². The molecular formula is C17H15ClF2N2O2S. The van der Waals surface area contributed by atoms with Gasteiger partial charge >= 0.3 is 5.97 Å². The maximum atomic E-state index is 14.2. The van der Waals surface area contributed by atoms with Gasteiger partial charge in [0.05, 0.1) is 6.54 Å². The Bertz CT molecular complexity index is 952. The van der Waals surface area contributed by atoms with Gasteiger partial charge in [-0.1, -0.05) is 24.9 Å². The fourth-order valence-corrected chi connectivity index (χ4v) is 4.07. The van der Waals surface area contributed by atoms with Crippen LogP contribution in [0.5, 0.6) is 0 Å². The van der Waals surface area contributed by atoms with Crippen molar-refractivity contribution in [2.24, 2.45) is 0 Å². The highest BCUT2D eigenvalue weighted by Gasteiger charge is 2.23. The van der Waals surface area contributed by atoms with Crippen molar-refractivity contribution in [2.75, 3.05) is 0 Å². The number of aromatic carboxylic acids is 1. The number of aromatic nitrogens is 2. The van der Waals surface area contributed by atoms with Crippen LogP contribution in [0.25, 0.3) is 10.1 Å². The van der Waals surface area contributed by atoms with E-state index in [1.807, 2.05) is 6.92 Å². The van der Waals surface area contributed by atoms with Crippen LogP contribution in [0.3, 0.4) is 0 Å². The molecule has 3 rings (SSSR count). The summed E-state index contributed by atoms with van der Waals surface area (Å²) in [7, 11) is 0. The van der Waals surface area contributed by atoms with Crippen LogP contribution in [0, 0.1) is 11.6 Å². The smallest absolute Gasteiger partial charge is 0.355 e. The molecule has 0 spiro atoms. The predicted octanol–water partition coefficient (Wildman–Crippen LogP) is 5.12.